The molecule has 0 amide bonds. The molecule has 0 aliphatic carbocycles. The quantitative estimate of drug-likeness (QED) is 0.927. The largest absolute Gasteiger partial charge is 0.301 e. The first-order chi connectivity index (χ1) is 10.9. The van der Waals surface area contributed by atoms with Crippen LogP contribution in [0.25, 0.3) is 5.69 Å². The molecule has 0 saturated carbocycles. The van der Waals surface area contributed by atoms with Gasteiger partial charge in [-0.25, -0.2) is 0 Å². The van der Waals surface area contributed by atoms with Crippen LogP contribution in [-0.2, 0) is 10.2 Å². The smallest absolute Gasteiger partial charge is 0.269 e. The number of hydrogen-bond acceptors (Lipinski definition) is 4. The zero-order valence-electron chi connectivity index (χ0n) is 13.3. The number of para-hydroxylation sites is 2. The first-order valence-corrected chi connectivity index (χ1v) is 9.05. The molecule has 1 aromatic carbocycles. The summed E-state index contributed by atoms with van der Waals surface area (Å²) in [5.41, 5.74) is 1.06. The summed E-state index contributed by atoms with van der Waals surface area (Å²) in [6.07, 6.45) is 5.01. The van der Waals surface area contributed by atoms with Gasteiger partial charge in [-0.3, -0.25) is 4.72 Å². The molecule has 1 aliphatic rings. The van der Waals surface area contributed by atoms with Gasteiger partial charge in [0.15, 0.2) is 0 Å². The van der Waals surface area contributed by atoms with E-state index in [9.17, 15) is 8.42 Å². The molecule has 0 atom stereocenters. The third-order valence-electron chi connectivity index (χ3n) is 3.98. The van der Waals surface area contributed by atoms with Crippen molar-refractivity contribution in [3.05, 3.63) is 36.7 Å². The normalized spacial score (nSPS) is 18.7. The van der Waals surface area contributed by atoms with Crippen molar-refractivity contribution >= 4 is 15.9 Å². The van der Waals surface area contributed by atoms with Crippen LogP contribution in [0.4, 0.5) is 5.69 Å². The standard InChI is InChI=1S/C15H21N5O2S/c1-15(2)8-5-11-19(12-15)23(21,22)18-13-6-3-4-7-14(13)20-16-9-10-17-20/h3-4,6-7,9-10,18H,5,8,11-12H2,1-2H3. The molecule has 1 saturated heterocycles. The highest BCUT2D eigenvalue weighted by molar-refractivity contribution is 7.90. The Bertz CT molecular complexity index is 771. The van der Waals surface area contributed by atoms with Crippen molar-refractivity contribution in [2.24, 2.45) is 5.41 Å². The highest BCUT2D eigenvalue weighted by Gasteiger charge is 2.33. The SMILES string of the molecule is CC1(C)CCCN(S(=O)(=O)Nc2ccccc2-n2nccn2)C1. The van der Waals surface area contributed by atoms with Crippen LogP contribution in [0.1, 0.15) is 26.7 Å². The van der Waals surface area contributed by atoms with Crippen LogP contribution in [0, 0.1) is 5.41 Å². The number of rotatable bonds is 4. The Morgan fingerprint density at radius 2 is 1.87 bits per heavy atom. The Hall–Kier alpha value is -1.93. The predicted octanol–water partition coefficient (Wildman–Crippen LogP) is 2.05. The van der Waals surface area contributed by atoms with Gasteiger partial charge in [0.25, 0.3) is 0 Å². The Morgan fingerprint density at radius 1 is 1.17 bits per heavy atom. The number of anilines is 1. The summed E-state index contributed by atoms with van der Waals surface area (Å²) in [7, 11) is -3.61. The first kappa shape index (κ1) is 15.9. The molecular formula is C15H21N5O2S. The van der Waals surface area contributed by atoms with E-state index in [0.717, 1.165) is 12.8 Å². The summed E-state index contributed by atoms with van der Waals surface area (Å²) in [6, 6.07) is 7.09. The Morgan fingerprint density at radius 3 is 2.57 bits per heavy atom. The van der Waals surface area contributed by atoms with Crippen LogP contribution < -0.4 is 4.72 Å². The molecular weight excluding hydrogens is 314 g/mol. The molecule has 0 spiro atoms. The lowest BCUT2D eigenvalue weighted by molar-refractivity contribution is 0.187. The van der Waals surface area contributed by atoms with Gasteiger partial charge in [-0.2, -0.15) is 22.9 Å². The summed E-state index contributed by atoms with van der Waals surface area (Å²) in [5.74, 6) is 0. The van der Waals surface area contributed by atoms with Crippen LogP contribution in [0.3, 0.4) is 0 Å². The fourth-order valence-corrected chi connectivity index (χ4v) is 4.32. The van der Waals surface area contributed by atoms with Crippen LogP contribution in [0.5, 0.6) is 0 Å². The molecule has 124 valence electrons. The van der Waals surface area contributed by atoms with Crippen LogP contribution in [0.15, 0.2) is 36.7 Å². The van der Waals surface area contributed by atoms with E-state index < -0.39 is 10.2 Å². The first-order valence-electron chi connectivity index (χ1n) is 7.61. The van der Waals surface area contributed by atoms with Crippen molar-refractivity contribution in [3.8, 4) is 5.69 Å². The zero-order chi connectivity index (χ0) is 16.5. The van der Waals surface area contributed by atoms with Gasteiger partial charge in [0.2, 0.25) is 0 Å². The molecule has 1 aliphatic heterocycles. The molecule has 1 N–H and O–H groups in total. The second-order valence-electron chi connectivity index (χ2n) is 6.54. The lowest BCUT2D eigenvalue weighted by Crippen LogP contribution is -2.45. The van der Waals surface area contributed by atoms with Gasteiger partial charge in [0, 0.05) is 13.1 Å². The van der Waals surface area contributed by atoms with Gasteiger partial charge in [0.1, 0.15) is 5.69 Å². The van der Waals surface area contributed by atoms with E-state index in [-0.39, 0.29) is 5.41 Å². The predicted molar refractivity (Wildman–Crippen MR) is 88.5 cm³/mol. The highest BCUT2D eigenvalue weighted by Crippen LogP contribution is 2.30. The molecule has 7 nitrogen and oxygen atoms in total. The van der Waals surface area contributed by atoms with E-state index in [2.05, 4.69) is 28.8 Å². The maximum absolute atomic E-state index is 12.7. The molecule has 1 aromatic heterocycles. The minimum Gasteiger partial charge on any atom is -0.269 e. The monoisotopic (exact) mass is 335 g/mol. The molecule has 8 heteroatoms. The molecule has 1 fully saturated rings. The number of hydrogen-bond donors (Lipinski definition) is 1. The van der Waals surface area contributed by atoms with Gasteiger partial charge in [-0.15, -0.1) is 4.80 Å². The third kappa shape index (κ3) is 3.53. The molecule has 2 aromatic rings. The third-order valence-corrected chi connectivity index (χ3v) is 5.45. The molecule has 23 heavy (non-hydrogen) atoms. The van der Waals surface area contributed by atoms with E-state index in [1.165, 1.54) is 9.10 Å². The van der Waals surface area contributed by atoms with Crippen molar-refractivity contribution in [1.82, 2.24) is 19.3 Å². The number of nitrogens with zero attached hydrogens (tertiary/aromatic N) is 4. The lowest BCUT2D eigenvalue weighted by atomic mass is 9.85. The summed E-state index contributed by atoms with van der Waals surface area (Å²) in [5, 5.41) is 8.14. The maximum Gasteiger partial charge on any atom is 0.301 e. The minimum atomic E-state index is -3.61. The van der Waals surface area contributed by atoms with Gasteiger partial charge in [-0.1, -0.05) is 26.0 Å². The Balaban J connectivity index is 1.87. The summed E-state index contributed by atoms with van der Waals surface area (Å²) >= 11 is 0. The number of aromatic nitrogens is 3. The van der Waals surface area contributed by atoms with Crippen LogP contribution >= 0.6 is 0 Å². The van der Waals surface area contributed by atoms with Crippen LogP contribution in [0.2, 0.25) is 0 Å². The maximum atomic E-state index is 12.7. The average molecular weight is 335 g/mol. The Kier molecular flexibility index (Phi) is 4.11. The molecule has 0 bridgehead atoms. The van der Waals surface area contributed by atoms with E-state index >= 15 is 0 Å². The van der Waals surface area contributed by atoms with Crippen molar-refractivity contribution in [3.63, 3.8) is 0 Å². The van der Waals surface area contributed by atoms with Gasteiger partial charge >= 0.3 is 10.2 Å². The Labute approximate surface area is 136 Å². The molecule has 0 unspecified atom stereocenters. The second kappa shape index (κ2) is 5.93. The van der Waals surface area contributed by atoms with Crippen LogP contribution in [-0.4, -0.2) is 40.8 Å². The molecule has 2 heterocycles. The number of piperidine rings is 1. The fourth-order valence-electron chi connectivity index (χ4n) is 2.85. The lowest BCUT2D eigenvalue weighted by Gasteiger charge is -2.37. The number of benzene rings is 1. The van der Waals surface area contributed by atoms with E-state index in [1.54, 1.807) is 30.6 Å². The van der Waals surface area contributed by atoms with Gasteiger partial charge < -0.3 is 0 Å². The van der Waals surface area contributed by atoms with Crippen molar-refractivity contribution < 1.29 is 8.42 Å². The highest BCUT2D eigenvalue weighted by atomic mass is 32.2. The molecule has 0 radical (unpaired) electrons. The van der Waals surface area contributed by atoms with E-state index in [1.807, 2.05) is 6.07 Å². The summed E-state index contributed by atoms with van der Waals surface area (Å²) < 4.78 is 29.7. The van der Waals surface area contributed by atoms with E-state index in [0.29, 0.717) is 24.5 Å². The van der Waals surface area contributed by atoms with E-state index in [4.69, 9.17) is 0 Å². The van der Waals surface area contributed by atoms with Crippen molar-refractivity contribution in [1.29, 1.82) is 0 Å². The molecule has 3 rings (SSSR count). The summed E-state index contributed by atoms with van der Waals surface area (Å²) in [4.78, 5) is 1.40. The minimum absolute atomic E-state index is 0.00391. The van der Waals surface area contributed by atoms with Crippen molar-refractivity contribution in [2.45, 2.75) is 26.7 Å². The fraction of sp³-hybridized carbons (Fsp3) is 0.467. The zero-order valence-corrected chi connectivity index (χ0v) is 14.1. The second-order valence-corrected chi connectivity index (χ2v) is 8.21. The van der Waals surface area contributed by atoms with Gasteiger partial charge in [0.05, 0.1) is 18.1 Å². The van der Waals surface area contributed by atoms with Gasteiger partial charge in [-0.05, 0) is 30.4 Å². The average Bonchev–Trinajstić information content (AvgIpc) is 3.00. The van der Waals surface area contributed by atoms with Crippen molar-refractivity contribution in [2.75, 3.05) is 17.8 Å². The topological polar surface area (TPSA) is 80.1 Å². The summed E-state index contributed by atoms with van der Waals surface area (Å²) in [6.45, 7) is 5.25. The number of nitrogens with one attached hydrogen (secondary N) is 1.